The lowest BCUT2D eigenvalue weighted by Crippen LogP contribution is -2.31. The Morgan fingerprint density at radius 1 is 1.38 bits per heavy atom. The van der Waals surface area contributed by atoms with Crippen LogP contribution in [-0.4, -0.2) is 29.8 Å². The van der Waals surface area contributed by atoms with Crippen LogP contribution in [0.1, 0.15) is 25.3 Å². The summed E-state index contributed by atoms with van der Waals surface area (Å²) in [6, 6.07) is 5.22. The van der Waals surface area contributed by atoms with Crippen LogP contribution in [0.25, 0.3) is 6.08 Å². The van der Waals surface area contributed by atoms with Crippen molar-refractivity contribution in [1.29, 1.82) is 0 Å². The molecule has 112 valence electrons. The number of nitrogens with one attached hydrogen (secondary N) is 1. The molecule has 1 amide bonds. The maximum atomic E-state index is 11.7. The maximum absolute atomic E-state index is 11.7. The van der Waals surface area contributed by atoms with Gasteiger partial charge in [0.1, 0.15) is 0 Å². The van der Waals surface area contributed by atoms with E-state index >= 15 is 0 Å². The normalized spacial score (nSPS) is 14.1. The molecule has 0 aromatic heterocycles. The molecule has 1 heterocycles. The molecule has 1 aliphatic heterocycles. The first-order valence-corrected chi connectivity index (χ1v) is 6.64. The Labute approximate surface area is 122 Å². The largest absolute Gasteiger partial charge is 0.481 e. The highest BCUT2D eigenvalue weighted by atomic mass is 16.7. The van der Waals surface area contributed by atoms with E-state index < -0.39 is 5.97 Å². The van der Waals surface area contributed by atoms with Crippen molar-refractivity contribution >= 4 is 18.0 Å². The number of amides is 1. The third kappa shape index (κ3) is 4.52. The van der Waals surface area contributed by atoms with Crippen LogP contribution >= 0.6 is 0 Å². The van der Waals surface area contributed by atoms with Crippen LogP contribution in [-0.2, 0) is 9.59 Å². The van der Waals surface area contributed by atoms with Crippen molar-refractivity contribution in [1.82, 2.24) is 5.32 Å². The summed E-state index contributed by atoms with van der Waals surface area (Å²) in [6.45, 7) is 1.99. The van der Waals surface area contributed by atoms with Gasteiger partial charge in [-0.05, 0) is 37.1 Å². The zero-order valence-electron chi connectivity index (χ0n) is 11.7. The first-order chi connectivity index (χ1) is 10.0. The van der Waals surface area contributed by atoms with Crippen molar-refractivity contribution in [3.8, 4) is 11.5 Å². The maximum Gasteiger partial charge on any atom is 0.303 e. The highest BCUT2D eigenvalue weighted by Gasteiger charge is 2.12. The van der Waals surface area contributed by atoms with Crippen LogP contribution in [0.2, 0.25) is 0 Å². The van der Waals surface area contributed by atoms with E-state index in [1.807, 2.05) is 6.07 Å². The molecular formula is C15H17NO5. The standard InChI is InChI=1S/C15H17NO5/c1-10(2-7-15(18)19)16-14(17)6-4-11-3-5-12-13(8-11)21-9-20-12/h3-6,8,10H,2,7,9H2,1H3,(H,16,17)(H,18,19). The lowest BCUT2D eigenvalue weighted by Gasteiger charge is -2.10. The number of fused-ring (bicyclic) bond motifs is 1. The van der Waals surface area contributed by atoms with Crippen LogP contribution in [0.4, 0.5) is 0 Å². The predicted molar refractivity (Wildman–Crippen MR) is 76.1 cm³/mol. The van der Waals surface area contributed by atoms with Crippen molar-refractivity contribution in [3.63, 3.8) is 0 Å². The minimum atomic E-state index is -0.869. The average molecular weight is 291 g/mol. The second kappa shape index (κ2) is 6.78. The number of benzene rings is 1. The van der Waals surface area contributed by atoms with Crippen LogP contribution in [0.3, 0.4) is 0 Å². The van der Waals surface area contributed by atoms with Gasteiger partial charge in [-0.15, -0.1) is 0 Å². The van der Waals surface area contributed by atoms with Gasteiger partial charge in [0.25, 0.3) is 0 Å². The molecule has 0 spiro atoms. The molecule has 2 N–H and O–H groups in total. The van der Waals surface area contributed by atoms with E-state index in [1.54, 1.807) is 25.1 Å². The number of ether oxygens (including phenoxy) is 2. The van der Waals surface area contributed by atoms with Gasteiger partial charge in [-0.25, -0.2) is 0 Å². The summed E-state index contributed by atoms with van der Waals surface area (Å²) in [5.41, 5.74) is 0.826. The Kier molecular flexibility index (Phi) is 4.81. The van der Waals surface area contributed by atoms with E-state index in [-0.39, 0.29) is 25.2 Å². The Morgan fingerprint density at radius 2 is 2.14 bits per heavy atom. The topological polar surface area (TPSA) is 84.9 Å². The van der Waals surface area contributed by atoms with Gasteiger partial charge in [0.15, 0.2) is 11.5 Å². The molecule has 0 fully saturated rings. The van der Waals surface area contributed by atoms with E-state index in [0.29, 0.717) is 17.9 Å². The quantitative estimate of drug-likeness (QED) is 0.781. The fourth-order valence-electron chi connectivity index (χ4n) is 1.89. The number of aliphatic carboxylic acids is 1. The predicted octanol–water partition coefficient (Wildman–Crippen LogP) is 1.80. The van der Waals surface area contributed by atoms with Crippen LogP contribution in [0.5, 0.6) is 11.5 Å². The Morgan fingerprint density at radius 3 is 2.90 bits per heavy atom. The average Bonchev–Trinajstić information content (AvgIpc) is 2.90. The number of carboxylic acid groups (broad SMARTS) is 1. The minimum absolute atomic E-state index is 0.0350. The van der Waals surface area contributed by atoms with Crippen molar-refractivity contribution in [3.05, 3.63) is 29.8 Å². The molecule has 6 nitrogen and oxygen atoms in total. The second-order valence-corrected chi connectivity index (χ2v) is 4.79. The first kappa shape index (κ1) is 14.9. The van der Waals surface area contributed by atoms with Gasteiger partial charge >= 0.3 is 5.97 Å². The molecule has 1 unspecified atom stereocenters. The molecule has 2 rings (SSSR count). The third-order valence-electron chi connectivity index (χ3n) is 3.00. The molecule has 1 aromatic carbocycles. The Bertz CT molecular complexity index is 567. The third-order valence-corrected chi connectivity index (χ3v) is 3.00. The molecule has 0 saturated carbocycles. The van der Waals surface area contributed by atoms with Gasteiger partial charge in [0.05, 0.1) is 0 Å². The molecule has 1 aromatic rings. The number of carboxylic acids is 1. The number of hydrogen-bond acceptors (Lipinski definition) is 4. The van der Waals surface area contributed by atoms with Gasteiger partial charge < -0.3 is 19.9 Å². The zero-order valence-corrected chi connectivity index (χ0v) is 11.7. The van der Waals surface area contributed by atoms with Crippen LogP contribution in [0.15, 0.2) is 24.3 Å². The second-order valence-electron chi connectivity index (χ2n) is 4.79. The van der Waals surface area contributed by atoms with E-state index in [9.17, 15) is 9.59 Å². The van der Waals surface area contributed by atoms with E-state index in [2.05, 4.69) is 5.32 Å². The molecule has 0 aliphatic carbocycles. The lowest BCUT2D eigenvalue weighted by atomic mass is 10.1. The fourth-order valence-corrected chi connectivity index (χ4v) is 1.89. The number of carbonyl (C=O) groups excluding carboxylic acids is 1. The summed E-state index contributed by atoms with van der Waals surface area (Å²) in [5, 5.41) is 11.3. The number of carbonyl (C=O) groups is 2. The molecule has 1 atom stereocenters. The molecular weight excluding hydrogens is 274 g/mol. The zero-order chi connectivity index (χ0) is 15.2. The molecule has 21 heavy (non-hydrogen) atoms. The van der Waals surface area contributed by atoms with Crippen molar-refractivity contribution in [2.75, 3.05) is 6.79 Å². The van der Waals surface area contributed by atoms with Gasteiger partial charge in [-0.1, -0.05) is 6.07 Å². The monoisotopic (exact) mass is 291 g/mol. The van der Waals surface area contributed by atoms with E-state index in [1.165, 1.54) is 6.08 Å². The molecule has 0 bridgehead atoms. The highest BCUT2D eigenvalue weighted by molar-refractivity contribution is 5.92. The summed E-state index contributed by atoms with van der Waals surface area (Å²) in [6.07, 6.45) is 3.52. The van der Waals surface area contributed by atoms with Gasteiger partial charge in [-0.3, -0.25) is 9.59 Å². The minimum Gasteiger partial charge on any atom is -0.481 e. The molecule has 0 radical (unpaired) electrons. The highest BCUT2D eigenvalue weighted by Crippen LogP contribution is 2.32. The summed E-state index contributed by atoms with van der Waals surface area (Å²) in [7, 11) is 0. The summed E-state index contributed by atoms with van der Waals surface area (Å²) >= 11 is 0. The summed E-state index contributed by atoms with van der Waals surface area (Å²) in [5.74, 6) is 0.226. The van der Waals surface area contributed by atoms with Crippen LogP contribution < -0.4 is 14.8 Å². The van der Waals surface area contributed by atoms with Crippen molar-refractivity contribution in [2.24, 2.45) is 0 Å². The van der Waals surface area contributed by atoms with Gasteiger partial charge in [0.2, 0.25) is 12.7 Å². The Hall–Kier alpha value is -2.50. The number of hydrogen-bond donors (Lipinski definition) is 2. The fraction of sp³-hybridized carbons (Fsp3) is 0.333. The first-order valence-electron chi connectivity index (χ1n) is 6.64. The van der Waals surface area contributed by atoms with Gasteiger partial charge in [-0.2, -0.15) is 0 Å². The summed E-state index contributed by atoms with van der Waals surface area (Å²) in [4.78, 5) is 22.1. The molecule has 6 heteroatoms. The molecule has 0 saturated heterocycles. The van der Waals surface area contributed by atoms with Crippen molar-refractivity contribution < 1.29 is 24.2 Å². The smallest absolute Gasteiger partial charge is 0.303 e. The number of rotatable bonds is 6. The SMILES string of the molecule is CC(CCC(=O)O)NC(=O)C=Cc1ccc2c(c1)OCO2. The summed E-state index contributed by atoms with van der Waals surface area (Å²) < 4.78 is 10.5. The van der Waals surface area contributed by atoms with Gasteiger partial charge in [0, 0.05) is 18.5 Å². The molecule has 1 aliphatic rings. The van der Waals surface area contributed by atoms with E-state index in [4.69, 9.17) is 14.6 Å². The van der Waals surface area contributed by atoms with Crippen molar-refractivity contribution in [2.45, 2.75) is 25.8 Å². The van der Waals surface area contributed by atoms with E-state index in [0.717, 1.165) is 5.56 Å². The lowest BCUT2D eigenvalue weighted by molar-refractivity contribution is -0.137. The Balaban J connectivity index is 1.85. The van der Waals surface area contributed by atoms with Crippen LogP contribution in [0, 0.1) is 0 Å².